The maximum atomic E-state index is 13.7. The Hall–Kier alpha value is -2.73. The van der Waals surface area contributed by atoms with E-state index in [9.17, 15) is 19.1 Å². The van der Waals surface area contributed by atoms with Gasteiger partial charge in [0.25, 0.3) is 5.91 Å². The molecule has 0 heterocycles. The number of hydrogen-bond acceptors (Lipinski definition) is 3. The zero-order chi connectivity index (χ0) is 17.5. The quantitative estimate of drug-likeness (QED) is 0.816. The summed E-state index contributed by atoms with van der Waals surface area (Å²) in [5, 5.41) is 11.7. The molecule has 0 aliphatic rings. The van der Waals surface area contributed by atoms with Gasteiger partial charge in [0.15, 0.2) is 6.10 Å². The molecule has 2 atom stereocenters. The average molecular weight is 331 g/mol. The van der Waals surface area contributed by atoms with Crippen molar-refractivity contribution < 1.29 is 23.8 Å². The van der Waals surface area contributed by atoms with Gasteiger partial charge in [0.2, 0.25) is 0 Å². The van der Waals surface area contributed by atoms with Gasteiger partial charge in [0, 0.05) is 13.5 Å². The highest BCUT2D eigenvalue weighted by Gasteiger charge is 2.27. The number of halogens is 1. The van der Waals surface area contributed by atoms with Gasteiger partial charge in [-0.2, -0.15) is 0 Å². The minimum Gasteiger partial charge on any atom is -0.480 e. The number of hydrogen-bond donors (Lipinski definition) is 2. The summed E-state index contributed by atoms with van der Waals surface area (Å²) in [6.07, 6.45) is -1.09. The van der Waals surface area contributed by atoms with Crippen molar-refractivity contribution in [2.75, 3.05) is 7.11 Å². The van der Waals surface area contributed by atoms with Crippen LogP contribution in [0.15, 0.2) is 54.6 Å². The molecule has 6 heteroatoms. The number of rotatable bonds is 7. The Morgan fingerprint density at radius 1 is 1.12 bits per heavy atom. The van der Waals surface area contributed by atoms with Crippen LogP contribution in [0.2, 0.25) is 0 Å². The number of carbonyl (C=O) groups is 2. The summed E-state index contributed by atoms with van der Waals surface area (Å²) in [7, 11) is 1.36. The van der Waals surface area contributed by atoms with Gasteiger partial charge in [-0.15, -0.1) is 0 Å². The maximum absolute atomic E-state index is 13.7. The first-order valence-corrected chi connectivity index (χ1v) is 7.37. The molecular weight excluding hydrogens is 313 g/mol. The first kappa shape index (κ1) is 17.6. The van der Waals surface area contributed by atoms with Crippen LogP contribution in [-0.4, -0.2) is 30.1 Å². The van der Waals surface area contributed by atoms with Gasteiger partial charge >= 0.3 is 5.97 Å². The Kier molecular flexibility index (Phi) is 6.03. The van der Waals surface area contributed by atoms with Crippen molar-refractivity contribution in [2.45, 2.75) is 18.6 Å². The number of carboxylic acids is 1. The zero-order valence-electron chi connectivity index (χ0n) is 13.1. The van der Waals surface area contributed by atoms with Crippen molar-refractivity contribution in [3.63, 3.8) is 0 Å². The molecule has 0 saturated carbocycles. The zero-order valence-corrected chi connectivity index (χ0v) is 13.1. The molecule has 5 nitrogen and oxygen atoms in total. The predicted molar refractivity (Wildman–Crippen MR) is 85.9 cm³/mol. The monoisotopic (exact) mass is 331 g/mol. The molecule has 2 aromatic rings. The number of benzene rings is 2. The lowest BCUT2D eigenvalue weighted by atomic mass is 10.0. The van der Waals surface area contributed by atoms with E-state index in [0.717, 1.165) is 0 Å². The average Bonchev–Trinajstić information content (AvgIpc) is 2.57. The summed E-state index contributed by atoms with van der Waals surface area (Å²) in [6.45, 7) is 0. The number of aliphatic carboxylic acids is 1. The van der Waals surface area contributed by atoms with E-state index in [1.165, 1.54) is 25.3 Å². The minimum absolute atomic E-state index is 0.154. The van der Waals surface area contributed by atoms with Crippen molar-refractivity contribution >= 4 is 11.9 Å². The van der Waals surface area contributed by atoms with Crippen LogP contribution in [0.25, 0.3) is 0 Å². The lowest BCUT2D eigenvalue weighted by molar-refractivity contribution is -0.144. The summed E-state index contributed by atoms with van der Waals surface area (Å²) in [4.78, 5) is 23.8. The molecule has 2 N–H and O–H groups in total. The van der Waals surface area contributed by atoms with Gasteiger partial charge < -0.3 is 15.2 Å². The molecule has 0 bridgehead atoms. The molecule has 0 saturated heterocycles. The highest BCUT2D eigenvalue weighted by atomic mass is 19.1. The molecule has 126 valence electrons. The second-order valence-electron chi connectivity index (χ2n) is 5.22. The number of ether oxygens (including phenoxy) is 1. The van der Waals surface area contributed by atoms with E-state index in [1.54, 1.807) is 36.4 Å². The highest BCUT2D eigenvalue weighted by Crippen LogP contribution is 2.17. The fourth-order valence-electron chi connectivity index (χ4n) is 2.35. The summed E-state index contributed by atoms with van der Waals surface area (Å²) < 4.78 is 18.9. The van der Waals surface area contributed by atoms with E-state index >= 15 is 0 Å². The summed E-state index contributed by atoms with van der Waals surface area (Å²) in [6, 6.07) is 13.3. The van der Waals surface area contributed by atoms with Crippen LogP contribution in [0, 0.1) is 5.82 Å². The lowest BCUT2D eigenvalue weighted by Crippen LogP contribution is -2.44. The largest absolute Gasteiger partial charge is 0.480 e. The molecule has 0 radical (unpaired) electrons. The van der Waals surface area contributed by atoms with Crippen LogP contribution in [0.4, 0.5) is 4.39 Å². The van der Waals surface area contributed by atoms with Gasteiger partial charge in [-0.1, -0.05) is 48.5 Å². The number of methoxy groups -OCH3 is 1. The van der Waals surface area contributed by atoms with Crippen molar-refractivity contribution in [1.29, 1.82) is 0 Å². The first-order valence-electron chi connectivity index (χ1n) is 7.37. The van der Waals surface area contributed by atoms with Gasteiger partial charge in [-0.05, 0) is 17.2 Å². The van der Waals surface area contributed by atoms with Crippen LogP contribution in [0.5, 0.6) is 0 Å². The molecule has 0 unspecified atom stereocenters. The van der Waals surface area contributed by atoms with Crippen molar-refractivity contribution in [3.05, 3.63) is 71.5 Å². The van der Waals surface area contributed by atoms with Gasteiger partial charge in [-0.25, -0.2) is 9.18 Å². The Bertz CT molecular complexity index is 705. The van der Waals surface area contributed by atoms with E-state index in [4.69, 9.17) is 4.74 Å². The molecule has 24 heavy (non-hydrogen) atoms. The molecule has 0 aliphatic heterocycles. The summed E-state index contributed by atoms with van der Waals surface area (Å²) in [5.74, 6) is -2.34. The second kappa shape index (κ2) is 8.21. The van der Waals surface area contributed by atoms with Crippen molar-refractivity contribution in [2.24, 2.45) is 0 Å². The predicted octanol–water partition coefficient (Wildman–Crippen LogP) is 2.33. The van der Waals surface area contributed by atoms with Gasteiger partial charge in [0.1, 0.15) is 11.9 Å². The molecule has 1 amide bonds. The van der Waals surface area contributed by atoms with Crippen LogP contribution in [0.3, 0.4) is 0 Å². The Labute approximate surface area is 139 Å². The van der Waals surface area contributed by atoms with Gasteiger partial charge in [0.05, 0.1) is 0 Å². The Morgan fingerprint density at radius 3 is 2.33 bits per heavy atom. The molecule has 2 aromatic carbocycles. The Balaban J connectivity index is 2.13. The van der Waals surface area contributed by atoms with Crippen LogP contribution in [0.1, 0.15) is 17.2 Å². The van der Waals surface area contributed by atoms with E-state index < -0.39 is 29.8 Å². The first-order chi connectivity index (χ1) is 11.5. The molecule has 0 aliphatic carbocycles. The number of nitrogens with one attached hydrogen (secondary N) is 1. The third kappa shape index (κ3) is 4.39. The maximum Gasteiger partial charge on any atom is 0.326 e. The topological polar surface area (TPSA) is 75.6 Å². The summed E-state index contributed by atoms with van der Waals surface area (Å²) >= 11 is 0. The van der Waals surface area contributed by atoms with E-state index in [-0.39, 0.29) is 12.0 Å². The standard InChI is InChI=1S/C18H18FNO4/c1-24-16(12-7-3-2-4-8-12)17(21)20-15(18(22)23)11-13-9-5-6-10-14(13)19/h2-10,15-16H,11H2,1H3,(H,20,21)(H,22,23)/t15-,16-/m1/s1. The fraction of sp³-hybridized carbons (Fsp3) is 0.222. The van der Waals surface area contributed by atoms with Crippen LogP contribution < -0.4 is 5.32 Å². The van der Waals surface area contributed by atoms with Crippen LogP contribution >= 0.6 is 0 Å². The molecule has 2 rings (SSSR count). The second-order valence-corrected chi connectivity index (χ2v) is 5.22. The lowest BCUT2D eigenvalue weighted by Gasteiger charge is -2.20. The van der Waals surface area contributed by atoms with Crippen molar-refractivity contribution in [3.8, 4) is 0 Å². The highest BCUT2D eigenvalue weighted by molar-refractivity contribution is 5.87. The third-order valence-corrected chi connectivity index (χ3v) is 3.57. The van der Waals surface area contributed by atoms with Crippen LogP contribution in [-0.2, 0) is 20.7 Å². The third-order valence-electron chi connectivity index (χ3n) is 3.57. The number of carbonyl (C=O) groups excluding carboxylic acids is 1. The summed E-state index contributed by atoms with van der Waals surface area (Å²) in [5.41, 5.74) is 0.825. The molecule has 0 fully saturated rings. The van der Waals surface area contributed by atoms with Gasteiger partial charge in [-0.3, -0.25) is 4.79 Å². The fourth-order valence-corrected chi connectivity index (χ4v) is 2.35. The van der Waals surface area contributed by atoms with Crippen molar-refractivity contribution in [1.82, 2.24) is 5.32 Å². The number of carboxylic acid groups (broad SMARTS) is 1. The van der Waals surface area contributed by atoms with E-state index in [2.05, 4.69) is 5.32 Å². The SMILES string of the molecule is CO[C@@H](C(=O)N[C@H](Cc1ccccc1F)C(=O)O)c1ccccc1. The van der Waals surface area contributed by atoms with E-state index in [1.807, 2.05) is 0 Å². The molecular formula is C18H18FNO4. The number of amides is 1. The Morgan fingerprint density at radius 2 is 1.75 bits per heavy atom. The van der Waals surface area contributed by atoms with E-state index in [0.29, 0.717) is 5.56 Å². The molecule has 0 aromatic heterocycles. The smallest absolute Gasteiger partial charge is 0.326 e. The normalized spacial score (nSPS) is 13.1. The minimum atomic E-state index is -1.25. The molecule has 0 spiro atoms.